The molecule has 0 unspecified atom stereocenters. The van der Waals surface area contributed by atoms with Gasteiger partial charge in [-0.3, -0.25) is 0 Å². The standard InChI is InChI=1S/C10H15ClN2O2S/c11-10-3-1-2-9(8-10)4-6-13-16(14,15)7-5-12/h1-3,8,13H,4-7,12H2. The van der Waals surface area contributed by atoms with Gasteiger partial charge < -0.3 is 5.73 Å². The van der Waals surface area contributed by atoms with Crippen LogP contribution in [0.25, 0.3) is 0 Å². The highest BCUT2D eigenvalue weighted by molar-refractivity contribution is 7.89. The van der Waals surface area contributed by atoms with E-state index < -0.39 is 10.0 Å². The van der Waals surface area contributed by atoms with Gasteiger partial charge >= 0.3 is 0 Å². The maximum absolute atomic E-state index is 11.3. The summed E-state index contributed by atoms with van der Waals surface area (Å²) in [6, 6.07) is 7.34. The second-order valence-electron chi connectivity index (χ2n) is 3.38. The van der Waals surface area contributed by atoms with Gasteiger partial charge in [0.05, 0.1) is 5.75 Å². The molecule has 6 heteroatoms. The van der Waals surface area contributed by atoms with E-state index in [4.69, 9.17) is 17.3 Å². The summed E-state index contributed by atoms with van der Waals surface area (Å²) in [4.78, 5) is 0. The van der Waals surface area contributed by atoms with Crippen LogP contribution in [-0.2, 0) is 16.4 Å². The van der Waals surface area contributed by atoms with Crippen LogP contribution in [0.2, 0.25) is 5.02 Å². The van der Waals surface area contributed by atoms with Gasteiger partial charge in [-0.05, 0) is 24.1 Å². The minimum absolute atomic E-state index is 0.0391. The highest BCUT2D eigenvalue weighted by atomic mass is 35.5. The van der Waals surface area contributed by atoms with Crippen LogP contribution in [0.1, 0.15) is 5.56 Å². The normalized spacial score (nSPS) is 11.6. The van der Waals surface area contributed by atoms with Crippen LogP contribution in [0.4, 0.5) is 0 Å². The van der Waals surface area contributed by atoms with Crippen molar-refractivity contribution in [3.05, 3.63) is 34.9 Å². The van der Waals surface area contributed by atoms with Gasteiger partial charge in [-0.1, -0.05) is 23.7 Å². The largest absolute Gasteiger partial charge is 0.329 e. The molecule has 16 heavy (non-hydrogen) atoms. The monoisotopic (exact) mass is 262 g/mol. The van der Waals surface area contributed by atoms with Crippen LogP contribution in [0.15, 0.2) is 24.3 Å². The Kier molecular flexibility index (Phi) is 5.21. The molecule has 0 heterocycles. The molecule has 0 bridgehead atoms. The number of hydrogen-bond donors (Lipinski definition) is 2. The summed E-state index contributed by atoms with van der Waals surface area (Å²) < 4.78 is 25.0. The van der Waals surface area contributed by atoms with Crippen LogP contribution in [-0.4, -0.2) is 27.3 Å². The number of benzene rings is 1. The molecule has 0 aromatic heterocycles. The van der Waals surface area contributed by atoms with E-state index in [0.717, 1.165) is 5.56 Å². The Hall–Kier alpha value is -0.620. The van der Waals surface area contributed by atoms with E-state index in [1.54, 1.807) is 6.07 Å². The molecular formula is C10H15ClN2O2S. The Morgan fingerprint density at radius 2 is 2.12 bits per heavy atom. The number of sulfonamides is 1. The Morgan fingerprint density at radius 1 is 1.38 bits per heavy atom. The smallest absolute Gasteiger partial charge is 0.212 e. The molecular weight excluding hydrogens is 248 g/mol. The van der Waals surface area contributed by atoms with Gasteiger partial charge in [0.1, 0.15) is 0 Å². The van der Waals surface area contributed by atoms with Gasteiger partial charge in [0.15, 0.2) is 0 Å². The quantitative estimate of drug-likeness (QED) is 0.795. The van der Waals surface area contributed by atoms with E-state index >= 15 is 0 Å². The number of nitrogens with one attached hydrogen (secondary N) is 1. The summed E-state index contributed by atoms with van der Waals surface area (Å²) in [6.07, 6.45) is 0.615. The molecule has 0 aliphatic heterocycles. The van der Waals surface area contributed by atoms with Crippen molar-refractivity contribution in [3.63, 3.8) is 0 Å². The number of hydrogen-bond acceptors (Lipinski definition) is 3. The molecule has 0 amide bonds. The Bertz CT molecular complexity index is 434. The molecule has 0 saturated carbocycles. The van der Waals surface area contributed by atoms with Crippen molar-refractivity contribution in [1.29, 1.82) is 0 Å². The highest BCUT2D eigenvalue weighted by Crippen LogP contribution is 2.10. The van der Waals surface area contributed by atoms with Crippen molar-refractivity contribution in [1.82, 2.24) is 4.72 Å². The summed E-state index contributed by atoms with van der Waals surface area (Å²) in [6.45, 7) is 0.495. The third-order valence-electron chi connectivity index (χ3n) is 2.01. The second-order valence-corrected chi connectivity index (χ2v) is 5.74. The zero-order chi connectivity index (χ0) is 12.0. The van der Waals surface area contributed by atoms with Crippen LogP contribution < -0.4 is 10.5 Å². The van der Waals surface area contributed by atoms with Gasteiger partial charge in [-0.15, -0.1) is 0 Å². The minimum Gasteiger partial charge on any atom is -0.329 e. The van der Waals surface area contributed by atoms with Crippen LogP contribution in [0.3, 0.4) is 0 Å². The zero-order valence-electron chi connectivity index (χ0n) is 8.82. The summed E-state index contributed by atoms with van der Waals surface area (Å²) >= 11 is 5.81. The van der Waals surface area contributed by atoms with Crippen molar-refractivity contribution in [3.8, 4) is 0 Å². The molecule has 4 nitrogen and oxygen atoms in total. The van der Waals surface area contributed by atoms with E-state index in [1.165, 1.54) is 0 Å². The van der Waals surface area contributed by atoms with Crippen molar-refractivity contribution in [2.75, 3.05) is 18.8 Å². The van der Waals surface area contributed by atoms with Gasteiger partial charge in [-0.2, -0.15) is 0 Å². The van der Waals surface area contributed by atoms with E-state index in [-0.39, 0.29) is 12.3 Å². The van der Waals surface area contributed by atoms with Crippen LogP contribution >= 0.6 is 11.6 Å². The number of rotatable bonds is 6. The molecule has 0 aliphatic carbocycles. The third-order valence-corrected chi connectivity index (χ3v) is 3.66. The lowest BCUT2D eigenvalue weighted by Crippen LogP contribution is -2.31. The fraction of sp³-hybridized carbons (Fsp3) is 0.400. The maximum Gasteiger partial charge on any atom is 0.212 e. The third kappa shape index (κ3) is 4.94. The molecule has 0 spiro atoms. The minimum atomic E-state index is -3.22. The molecule has 0 atom stereocenters. The molecule has 0 radical (unpaired) electrons. The molecule has 1 rings (SSSR count). The van der Waals surface area contributed by atoms with Crippen LogP contribution in [0.5, 0.6) is 0 Å². The number of halogens is 1. The molecule has 90 valence electrons. The predicted octanol–water partition coefficient (Wildman–Crippen LogP) is 0.761. The Labute approximate surface area is 101 Å². The van der Waals surface area contributed by atoms with Crippen LogP contribution in [0, 0.1) is 0 Å². The molecule has 0 fully saturated rings. The Morgan fingerprint density at radius 3 is 2.75 bits per heavy atom. The molecule has 0 saturated heterocycles. The summed E-state index contributed by atoms with van der Waals surface area (Å²) in [5.74, 6) is -0.0391. The van der Waals surface area contributed by atoms with Crippen molar-refractivity contribution >= 4 is 21.6 Å². The average Bonchev–Trinajstić information content (AvgIpc) is 2.17. The fourth-order valence-corrected chi connectivity index (χ4v) is 2.35. The van der Waals surface area contributed by atoms with E-state index in [1.807, 2.05) is 18.2 Å². The zero-order valence-corrected chi connectivity index (χ0v) is 10.4. The molecule has 1 aromatic rings. The van der Waals surface area contributed by atoms with Crippen molar-refractivity contribution < 1.29 is 8.42 Å². The highest BCUT2D eigenvalue weighted by Gasteiger charge is 2.07. The first-order valence-corrected chi connectivity index (χ1v) is 6.98. The second kappa shape index (κ2) is 6.20. The lowest BCUT2D eigenvalue weighted by molar-refractivity contribution is 0.581. The first-order valence-electron chi connectivity index (χ1n) is 4.95. The molecule has 1 aromatic carbocycles. The molecule has 3 N–H and O–H groups in total. The van der Waals surface area contributed by atoms with Gasteiger partial charge in [0.25, 0.3) is 0 Å². The van der Waals surface area contributed by atoms with Gasteiger partial charge in [0, 0.05) is 18.1 Å². The Balaban J connectivity index is 2.42. The molecule has 0 aliphatic rings. The van der Waals surface area contributed by atoms with Crippen molar-refractivity contribution in [2.45, 2.75) is 6.42 Å². The number of nitrogens with two attached hydrogens (primary N) is 1. The average molecular weight is 263 g/mol. The van der Waals surface area contributed by atoms with Crippen molar-refractivity contribution in [2.24, 2.45) is 5.73 Å². The predicted molar refractivity (Wildman–Crippen MR) is 66.0 cm³/mol. The van der Waals surface area contributed by atoms with Gasteiger partial charge in [-0.25, -0.2) is 13.1 Å². The summed E-state index contributed by atoms with van der Waals surface area (Å²) in [5, 5.41) is 0.655. The van der Waals surface area contributed by atoms with E-state index in [0.29, 0.717) is 18.0 Å². The lowest BCUT2D eigenvalue weighted by Gasteiger charge is -2.05. The van der Waals surface area contributed by atoms with E-state index in [9.17, 15) is 8.42 Å². The first-order chi connectivity index (χ1) is 7.53. The van der Waals surface area contributed by atoms with E-state index in [2.05, 4.69) is 4.72 Å². The van der Waals surface area contributed by atoms with Gasteiger partial charge in [0.2, 0.25) is 10.0 Å². The summed E-state index contributed by atoms with van der Waals surface area (Å²) in [7, 11) is -3.22. The maximum atomic E-state index is 11.3. The SMILES string of the molecule is NCCS(=O)(=O)NCCc1cccc(Cl)c1. The fourth-order valence-electron chi connectivity index (χ4n) is 1.27. The lowest BCUT2D eigenvalue weighted by atomic mass is 10.2. The topological polar surface area (TPSA) is 72.2 Å². The first kappa shape index (κ1) is 13.4. The summed E-state index contributed by atoms with van der Waals surface area (Å²) in [5.41, 5.74) is 6.18.